The highest BCUT2D eigenvalue weighted by atomic mass is 16.5. The molecule has 19 heavy (non-hydrogen) atoms. The zero-order chi connectivity index (χ0) is 14.0. The smallest absolute Gasteiger partial charge is 0.330 e. The molecule has 0 amide bonds. The number of carbonyl (C=O) groups excluding carboxylic acids is 1. The molecule has 1 unspecified atom stereocenters. The molecule has 0 spiro atoms. The molecule has 106 valence electrons. The van der Waals surface area contributed by atoms with Gasteiger partial charge >= 0.3 is 5.97 Å². The van der Waals surface area contributed by atoms with Crippen molar-refractivity contribution in [1.29, 1.82) is 0 Å². The number of nitrogens with zero attached hydrogens (tertiary/aromatic N) is 2. The van der Waals surface area contributed by atoms with Crippen molar-refractivity contribution in [2.75, 3.05) is 6.61 Å². The second-order valence-electron chi connectivity index (χ2n) is 5.18. The van der Waals surface area contributed by atoms with Crippen LogP contribution in [0.4, 0.5) is 0 Å². The van der Waals surface area contributed by atoms with Gasteiger partial charge in [0, 0.05) is 23.8 Å². The van der Waals surface area contributed by atoms with Crippen molar-refractivity contribution in [2.45, 2.75) is 59.2 Å². The molecule has 0 aliphatic heterocycles. The SMILES string of the molecule is CCOC(=O)C(C)n1nc(C)c(CNC2CC2)c1C. The Hall–Kier alpha value is -1.36. The van der Waals surface area contributed by atoms with E-state index in [9.17, 15) is 4.79 Å². The van der Waals surface area contributed by atoms with Gasteiger partial charge in [-0.1, -0.05) is 0 Å². The van der Waals surface area contributed by atoms with E-state index in [1.165, 1.54) is 18.4 Å². The molecule has 0 bridgehead atoms. The largest absolute Gasteiger partial charge is 0.464 e. The standard InChI is InChI=1S/C14H23N3O2/c1-5-19-14(18)11(4)17-10(3)13(9(2)16-17)8-15-12-6-7-12/h11-12,15H,5-8H2,1-4H3. The van der Waals surface area contributed by atoms with Crippen LogP contribution in [0.3, 0.4) is 0 Å². The third-order valence-corrected chi connectivity index (χ3v) is 3.61. The molecule has 1 aromatic rings. The lowest BCUT2D eigenvalue weighted by Gasteiger charge is -2.13. The summed E-state index contributed by atoms with van der Waals surface area (Å²) in [4.78, 5) is 11.8. The molecule has 1 heterocycles. The Morgan fingerprint density at radius 3 is 2.79 bits per heavy atom. The molecule has 1 aliphatic rings. The fraction of sp³-hybridized carbons (Fsp3) is 0.714. The number of aryl methyl sites for hydroxylation is 1. The van der Waals surface area contributed by atoms with E-state index in [0.29, 0.717) is 12.6 Å². The van der Waals surface area contributed by atoms with Gasteiger partial charge in [-0.2, -0.15) is 5.10 Å². The average molecular weight is 265 g/mol. The van der Waals surface area contributed by atoms with Crippen LogP contribution in [0.15, 0.2) is 0 Å². The first-order chi connectivity index (χ1) is 9.04. The van der Waals surface area contributed by atoms with E-state index in [4.69, 9.17) is 4.74 Å². The van der Waals surface area contributed by atoms with Crippen LogP contribution in [0.2, 0.25) is 0 Å². The van der Waals surface area contributed by atoms with Crippen LogP contribution >= 0.6 is 0 Å². The van der Waals surface area contributed by atoms with Gasteiger partial charge in [-0.15, -0.1) is 0 Å². The van der Waals surface area contributed by atoms with E-state index in [0.717, 1.165) is 17.9 Å². The van der Waals surface area contributed by atoms with Crippen molar-refractivity contribution >= 4 is 5.97 Å². The summed E-state index contributed by atoms with van der Waals surface area (Å²) < 4.78 is 6.83. The van der Waals surface area contributed by atoms with Crippen molar-refractivity contribution in [3.8, 4) is 0 Å². The number of hydrogen-bond acceptors (Lipinski definition) is 4. The molecule has 1 aromatic heterocycles. The third kappa shape index (κ3) is 3.15. The van der Waals surface area contributed by atoms with Crippen molar-refractivity contribution < 1.29 is 9.53 Å². The molecule has 1 N–H and O–H groups in total. The van der Waals surface area contributed by atoms with E-state index >= 15 is 0 Å². The first kappa shape index (κ1) is 14.1. The molecule has 5 heteroatoms. The van der Waals surface area contributed by atoms with Gasteiger partial charge in [-0.25, -0.2) is 4.79 Å². The topological polar surface area (TPSA) is 56.2 Å². The van der Waals surface area contributed by atoms with Crippen molar-refractivity contribution in [2.24, 2.45) is 0 Å². The molecule has 1 saturated carbocycles. The fourth-order valence-corrected chi connectivity index (χ4v) is 2.23. The van der Waals surface area contributed by atoms with Crippen LogP contribution in [-0.4, -0.2) is 28.4 Å². The fourth-order valence-electron chi connectivity index (χ4n) is 2.23. The summed E-state index contributed by atoms with van der Waals surface area (Å²) in [6.45, 7) is 8.88. The highest BCUT2D eigenvalue weighted by Gasteiger charge is 2.24. The van der Waals surface area contributed by atoms with Gasteiger partial charge in [0.1, 0.15) is 6.04 Å². The lowest BCUT2D eigenvalue weighted by molar-refractivity contribution is -0.146. The van der Waals surface area contributed by atoms with E-state index in [2.05, 4.69) is 10.4 Å². The van der Waals surface area contributed by atoms with Crippen LogP contribution in [0, 0.1) is 13.8 Å². The summed E-state index contributed by atoms with van der Waals surface area (Å²) in [7, 11) is 0. The van der Waals surface area contributed by atoms with E-state index in [-0.39, 0.29) is 12.0 Å². The second kappa shape index (κ2) is 5.74. The average Bonchev–Trinajstić information content (AvgIpc) is 3.15. The highest BCUT2D eigenvalue weighted by Crippen LogP contribution is 2.22. The lowest BCUT2D eigenvalue weighted by atomic mass is 10.2. The zero-order valence-electron chi connectivity index (χ0n) is 12.2. The molecular weight excluding hydrogens is 242 g/mol. The Labute approximate surface area is 114 Å². The lowest BCUT2D eigenvalue weighted by Crippen LogP contribution is -2.21. The first-order valence-electron chi connectivity index (χ1n) is 6.99. The van der Waals surface area contributed by atoms with Crippen LogP contribution in [0.1, 0.15) is 49.7 Å². The summed E-state index contributed by atoms with van der Waals surface area (Å²) in [6.07, 6.45) is 2.54. The summed E-state index contributed by atoms with van der Waals surface area (Å²) in [6, 6.07) is 0.304. The number of hydrogen-bond donors (Lipinski definition) is 1. The van der Waals surface area contributed by atoms with Crippen LogP contribution in [0.5, 0.6) is 0 Å². The van der Waals surface area contributed by atoms with Gasteiger partial charge in [-0.05, 0) is 40.5 Å². The summed E-state index contributed by atoms with van der Waals surface area (Å²) in [5.74, 6) is -0.227. The maximum absolute atomic E-state index is 11.8. The highest BCUT2D eigenvalue weighted by molar-refractivity contribution is 5.73. The molecule has 1 aliphatic carbocycles. The minimum Gasteiger partial charge on any atom is -0.464 e. The van der Waals surface area contributed by atoms with Crippen LogP contribution in [0.25, 0.3) is 0 Å². The van der Waals surface area contributed by atoms with Gasteiger partial charge in [0.25, 0.3) is 0 Å². The number of carbonyl (C=O) groups is 1. The second-order valence-corrected chi connectivity index (χ2v) is 5.18. The van der Waals surface area contributed by atoms with Crippen LogP contribution < -0.4 is 5.32 Å². The van der Waals surface area contributed by atoms with Gasteiger partial charge in [-0.3, -0.25) is 4.68 Å². The maximum atomic E-state index is 11.8. The van der Waals surface area contributed by atoms with Gasteiger partial charge in [0.2, 0.25) is 0 Å². The van der Waals surface area contributed by atoms with E-state index in [1.807, 2.05) is 27.7 Å². The Bertz CT molecular complexity index is 464. The minimum atomic E-state index is -0.367. The molecule has 0 aromatic carbocycles. The minimum absolute atomic E-state index is 0.227. The predicted octanol–water partition coefficient (Wildman–Crippen LogP) is 1.88. The molecule has 5 nitrogen and oxygen atoms in total. The van der Waals surface area contributed by atoms with E-state index in [1.54, 1.807) is 4.68 Å². The normalized spacial score (nSPS) is 16.4. The summed E-state index contributed by atoms with van der Waals surface area (Å²) in [5.41, 5.74) is 3.23. The number of aromatic nitrogens is 2. The predicted molar refractivity (Wildman–Crippen MR) is 72.9 cm³/mol. The molecule has 0 saturated heterocycles. The van der Waals surface area contributed by atoms with Gasteiger partial charge in [0.05, 0.1) is 12.3 Å². The van der Waals surface area contributed by atoms with Gasteiger partial charge in [0.15, 0.2) is 0 Å². The molecule has 1 atom stereocenters. The molecule has 0 radical (unpaired) electrons. The van der Waals surface area contributed by atoms with Crippen molar-refractivity contribution in [3.63, 3.8) is 0 Å². The number of nitrogens with one attached hydrogen (secondary N) is 1. The number of rotatable bonds is 6. The van der Waals surface area contributed by atoms with E-state index < -0.39 is 0 Å². The maximum Gasteiger partial charge on any atom is 0.330 e. The summed E-state index contributed by atoms with van der Waals surface area (Å²) in [5, 5.41) is 7.98. The number of ether oxygens (including phenoxy) is 1. The Morgan fingerprint density at radius 2 is 2.21 bits per heavy atom. The van der Waals surface area contributed by atoms with Crippen molar-refractivity contribution in [3.05, 3.63) is 17.0 Å². The summed E-state index contributed by atoms with van der Waals surface area (Å²) >= 11 is 0. The third-order valence-electron chi connectivity index (χ3n) is 3.61. The monoisotopic (exact) mass is 265 g/mol. The number of esters is 1. The van der Waals surface area contributed by atoms with Crippen molar-refractivity contribution in [1.82, 2.24) is 15.1 Å². The Balaban J connectivity index is 2.12. The zero-order valence-corrected chi connectivity index (χ0v) is 12.2. The van der Waals surface area contributed by atoms with Crippen LogP contribution in [-0.2, 0) is 16.1 Å². The first-order valence-corrected chi connectivity index (χ1v) is 6.99. The Morgan fingerprint density at radius 1 is 1.53 bits per heavy atom. The van der Waals surface area contributed by atoms with Gasteiger partial charge < -0.3 is 10.1 Å². The molecular formula is C14H23N3O2. The molecule has 2 rings (SSSR count). The Kier molecular flexibility index (Phi) is 4.24. The molecule has 1 fully saturated rings. The quantitative estimate of drug-likeness (QED) is 0.798.